The van der Waals surface area contributed by atoms with E-state index in [0.717, 1.165) is 0 Å². The van der Waals surface area contributed by atoms with Gasteiger partial charge in [-0.3, -0.25) is 0 Å². The Labute approximate surface area is 665 Å². The SMILES string of the molecule is O=C(O[C@@H]1[C@@H](OC(=O)c2cc(O)c(O)c(O)c2)[C@H](OC(=O)c2cc(O)c(O)c(O)c2-c2cc3c(c(O)c2O)-c2c(cc(O)c(O)c2O)C(=O)O[C@H]2[C@@H]4OC(=O)c5cc(O)c(O)c(O)c5-c5c(cc(O)c(O)c5O)C(=O)O[C@H]4CO[C@@H]2COC3=O)O[C@@H]2COC(=O)c3cc(O)c(O)c(O)c3-c3c(cc(O)c(O)c3O)C(=O)O[C@@H]12)c1cc(O)c(O)c(O)c1. The van der Waals surface area contributed by atoms with Crippen LogP contribution in [0.15, 0.2) is 66.7 Å². The third-order valence-electron chi connectivity index (χ3n) is 19.5. The fraction of sp³-hybridized carbons (Fsp3) is 0.160. The minimum atomic E-state index is -3.09. The van der Waals surface area contributed by atoms with Crippen LogP contribution < -0.4 is 0 Å². The van der Waals surface area contributed by atoms with E-state index >= 15 is 19.2 Å². The lowest BCUT2D eigenvalue weighted by Crippen LogP contribution is -2.63. The van der Waals surface area contributed by atoms with Crippen LogP contribution in [0.25, 0.3) is 44.5 Å². The monoisotopic (exact) mass is 1690 g/mol. The molecule has 14 rings (SSSR count). The highest BCUT2D eigenvalue weighted by Gasteiger charge is 2.57. The quantitative estimate of drug-likeness (QED) is 0.0618. The van der Waals surface area contributed by atoms with Gasteiger partial charge in [0.25, 0.3) is 0 Å². The molecule has 0 amide bonds. The molecular formula is C75H52O46. The number of ether oxygens (including phenoxy) is 11. The molecule has 0 radical (unpaired) electrons. The maximum atomic E-state index is 15.6. The fourth-order valence-corrected chi connectivity index (χ4v) is 13.7. The number of rotatable bonds is 7. The van der Waals surface area contributed by atoms with Crippen LogP contribution in [0.3, 0.4) is 0 Å². The van der Waals surface area contributed by atoms with Gasteiger partial charge in [0.05, 0.1) is 56.7 Å². The minimum Gasteiger partial charge on any atom is -0.504 e. The van der Waals surface area contributed by atoms with Gasteiger partial charge in [-0.25, -0.2) is 43.2 Å². The molecule has 9 atom stereocenters. The number of esters is 9. The average Bonchev–Trinajstić information content (AvgIpc) is 1.65. The molecule has 121 heavy (non-hydrogen) atoms. The van der Waals surface area contributed by atoms with Crippen LogP contribution >= 0.6 is 0 Å². The molecule has 2 saturated heterocycles. The molecule has 628 valence electrons. The van der Waals surface area contributed by atoms with E-state index in [4.69, 9.17) is 52.1 Å². The number of phenolic OH excluding ortho intramolecular Hbond substituents is 26. The van der Waals surface area contributed by atoms with Crippen LogP contribution in [0.1, 0.15) is 93.2 Å². The Morgan fingerprint density at radius 2 is 0.554 bits per heavy atom. The summed E-state index contributed by atoms with van der Waals surface area (Å²) in [6, 6.07) is 3.70. The van der Waals surface area contributed by atoms with Crippen molar-refractivity contribution in [1.29, 1.82) is 0 Å². The fourth-order valence-electron chi connectivity index (χ4n) is 13.7. The number of carbonyl (C=O) groups excluding carboxylic acids is 9. The molecule has 46 nitrogen and oxygen atoms in total. The lowest BCUT2D eigenvalue weighted by Gasteiger charge is -2.43. The van der Waals surface area contributed by atoms with Crippen LogP contribution in [-0.4, -0.2) is 261 Å². The van der Waals surface area contributed by atoms with E-state index in [1.807, 2.05) is 0 Å². The second-order valence-corrected chi connectivity index (χ2v) is 26.7. The first-order valence-electron chi connectivity index (χ1n) is 33.9. The van der Waals surface area contributed by atoms with Crippen LogP contribution in [0.2, 0.25) is 0 Å². The van der Waals surface area contributed by atoms with Crippen molar-refractivity contribution in [3.63, 3.8) is 0 Å². The number of hydrogen-bond donors (Lipinski definition) is 26. The summed E-state index contributed by atoms with van der Waals surface area (Å²) in [6.07, 6.45) is -23.4. The van der Waals surface area contributed by atoms with E-state index < -0.39 is 373 Å². The normalized spacial score (nSPS) is 20.0. The van der Waals surface area contributed by atoms with Gasteiger partial charge in [0.2, 0.25) is 46.9 Å². The summed E-state index contributed by atoms with van der Waals surface area (Å²) in [5.74, 6) is -56.0. The number of phenols is 26. The maximum absolute atomic E-state index is 15.6. The Bertz CT molecular complexity index is 6070. The van der Waals surface area contributed by atoms with E-state index in [-0.39, 0.29) is 24.3 Å². The number of carbonyl (C=O) groups is 9. The number of hydrogen-bond acceptors (Lipinski definition) is 46. The van der Waals surface area contributed by atoms with Gasteiger partial charge in [-0.15, -0.1) is 0 Å². The minimum absolute atomic E-state index is 0.143. The molecule has 0 unspecified atom stereocenters. The number of cyclic esters (lactones) is 2. The Balaban J connectivity index is 0.906. The lowest BCUT2D eigenvalue weighted by molar-refractivity contribution is -0.282. The third kappa shape index (κ3) is 13.2. The molecule has 0 aromatic heterocycles. The molecule has 5 aliphatic heterocycles. The van der Waals surface area contributed by atoms with E-state index in [1.54, 1.807) is 0 Å². The van der Waals surface area contributed by atoms with E-state index in [2.05, 4.69) is 0 Å². The summed E-state index contributed by atoms with van der Waals surface area (Å²) < 4.78 is 63.1. The first kappa shape index (κ1) is 80.5. The number of aromatic hydroxyl groups is 26. The second-order valence-electron chi connectivity index (χ2n) is 26.7. The summed E-state index contributed by atoms with van der Waals surface area (Å²) in [5.41, 5.74) is -21.2. The van der Waals surface area contributed by atoms with Crippen molar-refractivity contribution >= 4 is 53.7 Å². The molecule has 5 heterocycles. The second kappa shape index (κ2) is 29.3. The van der Waals surface area contributed by atoms with Gasteiger partial charge in [-0.05, 0) is 66.7 Å². The van der Waals surface area contributed by atoms with Crippen molar-refractivity contribution in [2.45, 2.75) is 55.1 Å². The van der Waals surface area contributed by atoms with Crippen LogP contribution in [-0.2, 0) is 52.1 Å². The van der Waals surface area contributed by atoms with Crippen molar-refractivity contribution < 1.29 is 228 Å². The summed E-state index contributed by atoms with van der Waals surface area (Å²) in [6.45, 7) is -3.98. The zero-order chi connectivity index (χ0) is 87.9. The molecule has 0 bridgehead atoms. The molecule has 0 spiro atoms. The van der Waals surface area contributed by atoms with Gasteiger partial charge in [0.1, 0.15) is 25.4 Å². The van der Waals surface area contributed by atoms with Gasteiger partial charge < -0.3 is 185 Å². The highest BCUT2D eigenvalue weighted by molar-refractivity contribution is 6.13. The van der Waals surface area contributed by atoms with Crippen LogP contribution in [0.4, 0.5) is 0 Å². The van der Waals surface area contributed by atoms with Crippen LogP contribution in [0, 0.1) is 0 Å². The standard InChI is InChI=1S/C75H52O46/c76-25-1-15(2-26(77)46(25)87)66(102)119-64-63-37(14-113-69(105)20-7-30(81)49(90)56(97)40(20)43-23(73(109)118-63)10-33(84)52(93)59(43)100)115-75(65(64)120-67(103)16-3-27(78)47(88)28(79)4-16)121-74(110)19-6-29(80)48(89)54(95)38(19)17-5-18-39(55(96)45(17)86)42-22(9-32(83)51(92)58(42)99)71(107)116-61-35(12-112-68(18)104)111-13-36-62(61)117-72(108)24-11-34(85)53(94)60(101)44(24)41-21(70(106)114-36)8-31(82)50(91)57(41)98/h1-11,35-37,61-65,75-101H,12-14H2/t35-,36+,37-,61-,62-,63-,64+,65-,75+/m1/s1. The van der Waals surface area contributed by atoms with Crippen LogP contribution in [0.5, 0.6) is 149 Å². The number of fused-ring (bicyclic) bond motifs is 13. The Kier molecular flexibility index (Phi) is 19.5. The van der Waals surface area contributed by atoms with Crippen molar-refractivity contribution in [2.24, 2.45) is 0 Å². The molecular weight excluding hydrogens is 1640 g/mol. The van der Waals surface area contributed by atoms with Gasteiger partial charge in [0.15, 0.2) is 146 Å². The highest BCUT2D eigenvalue weighted by atomic mass is 16.8. The molecule has 9 aromatic carbocycles. The van der Waals surface area contributed by atoms with E-state index in [1.165, 1.54) is 0 Å². The molecule has 46 heteroatoms. The summed E-state index contributed by atoms with van der Waals surface area (Å²) in [5, 5.41) is 287. The summed E-state index contributed by atoms with van der Waals surface area (Å²) >= 11 is 0. The zero-order valence-corrected chi connectivity index (χ0v) is 59.5. The van der Waals surface area contributed by atoms with Gasteiger partial charge in [0, 0.05) is 44.5 Å². The maximum Gasteiger partial charge on any atom is 0.341 e. The summed E-state index contributed by atoms with van der Waals surface area (Å²) in [7, 11) is 0. The highest BCUT2D eigenvalue weighted by Crippen LogP contribution is 2.59. The first-order chi connectivity index (χ1) is 57.0. The van der Waals surface area contributed by atoms with E-state index in [9.17, 15) is 157 Å². The Hall–Kier alpha value is -17.1. The van der Waals surface area contributed by atoms with Crippen molar-refractivity contribution in [3.8, 4) is 194 Å². The molecule has 2 fully saturated rings. The predicted octanol–water partition coefficient (Wildman–Crippen LogP) is 3.29. The van der Waals surface area contributed by atoms with E-state index in [0.29, 0.717) is 42.5 Å². The Morgan fingerprint density at radius 3 is 0.942 bits per heavy atom. The Morgan fingerprint density at radius 1 is 0.256 bits per heavy atom. The van der Waals surface area contributed by atoms with Crippen molar-refractivity contribution in [3.05, 3.63) is 117 Å². The molecule has 0 aliphatic carbocycles. The average molecular weight is 1690 g/mol. The number of benzene rings is 9. The molecule has 9 aromatic rings. The predicted molar refractivity (Wildman–Crippen MR) is 377 cm³/mol. The molecule has 26 N–H and O–H groups in total. The zero-order valence-electron chi connectivity index (χ0n) is 59.5. The topological polar surface area (TPSA) is 781 Å². The summed E-state index contributed by atoms with van der Waals surface area (Å²) in [4.78, 5) is 133. The lowest BCUT2D eigenvalue weighted by atomic mass is 9.87. The van der Waals surface area contributed by atoms with Gasteiger partial charge in [-0.1, -0.05) is 0 Å². The smallest absolute Gasteiger partial charge is 0.341 e. The van der Waals surface area contributed by atoms with Crippen molar-refractivity contribution in [1.82, 2.24) is 0 Å². The molecule has 0 saturated carbocycles. The first-order valence-corrected chi connectivity index (χ1v) is 33.9. The van der Waals surface area contributed by atoms with Gasteiger partial charge >= 0.3 is 53.7 Å². The van der Waals surface area contributed by atoms with Crippen molar-refractivity contribution in [2.75, 3.05) is 19.8 Å². The van der Waals surface area contributed by atoms with Gasteiger partial charge in [-0.2, -0.15) is 0 Å². The largest absolute Gasteiger partial charge is 0.504 e. The molecule has 5 aliphatic rings. The third-order valence-corrected chi connectivity index (χ3v) is 19.5.